The van der Waals surface area contributed by atoms with E-state index in [0.29, 0.717) is 29.5 Å². The van der Waals surface area contributed by atoms with Crippen molar-refractivity contribution in [2.75, 3.05) is 37.8 Å². The number of nitrogen functional groups attached to an aromatic ring is 1. The quantitative estimate of drug-likeness (QED) is 0.723. The van der Waals surface area contributed by atoms with Gasteiger partial charge < -0.3 is 20.7 Å². The number of ether oxygens (including phenoxy) is 1. The molecule has 0 radical (unpaired) electrons. The third-order valence-electron chi connectivity index (χ3n) is 3.23. The van der Waals surface area contributed by atoms with E-state index in [2.05, 4.69) is 31.0 Å². The molecule has 1 amide bonds. The molecule has 118 valence electrons. The van der Waals surface area contributed by atoms with Gasteiger partial charge in [-0.15, -0.1) is 0 Å². The van der Waals surface area contributed by atoms with E-state index in [4.69, 9.17) is 10.5 Å². The van der Waals surface area contributed by atoms with E-state index >= 15 is 0 Å². The van der Waals surface area contributed by atoms with Crippen molar-refractivity contribution in [2.24, 2.45) is 5.92 Å². The molecule has 0 atom stereocenters. The number of rotatable bonds is 8. The third-order valence-corrected chi connectivity index (χ3v) is 3.23. The minimum atomic E-state index is -0.0136. The van der Waals surface area contributed by atoms with Crippen molar-refractivity contribution in [3.05, 3.63) is 18.2 Å². The van der Waals surface area contributed by atoms with Gasteiger partial charge in [0, 0.05) is 31.3 Å². The molecule has 1 aromatic rings. The summed E-state index contributed by atoms with van der Waals surface area (Å²) in [5, 5.41) is 2.88. The summed E-state index contributed by atoms with van der Waals surface area (Å²) in [5.41, 5.74) is 6.96. The second kappa shape index (κ2) is 8.52. The van der Waals surface area contributed by atoms with Crippen LogP contribution in [-0.4, -0.2) is 37.6 Å². The second-order valence-electron chi connectivity index (χ2n) is 5.54. The lowest BCUT2D eigenvalue weighted by Crippen LogP contribution is -2.31. The van der Waals surface area contributed by atoms with Crippen LogP contribution in [0.1, 0.15) is 27.2 Å². The van der Waals surface area contributed by atoms with Crippen LogP contribution in [0.2, 0.25) is 0 Å². The summed E-state index contributed by atoms with van der Waals surface area (Å²) in [5.74, 6) is 1.17. The summed E-state index contributed by atoms with van der Waals surface area (Å²) in [6.07, 6.45) is 0.466. The van der Waals surface area contributed by atoms with Crippen LogP contribution in [0, 0.1) is 5.92 Å². The number of carbonyl (C=O) groups excluding carboxylic acids is 1. The first-order valence-electron chi connectivity index (χ1n) is 7.42. The van der Waals surface area contributed by atoms with Crippen molar-refractivity contribution in [1.82, 2.24) is 4.90 Å². The molecule has 0 unspecified atom stereocenters. The Hall–Kier alpha value is -1.75. The monoisotopic (exact) mass is 293 g/mol. The van der Waals surface area contributed by atoms with Crippen LogP contribution in [0.3, 0.4) is 0 Å². The van der Waals surface area contributed by atoms with Gasteiger partial charge in [-0.25, -0.2) is 0 Å². The molecule has 21 heavy (non-hydrogen) atoms. The highest BCUT2D eigenvalue weighted by Gasteiger charge is 2.11. The number of amides is 1. The Morgan fingerprint density at radius 2 is 2.14 bits per heavy atom. The van der Waals surface area contributed by atoms with Crippen LogP contribution in [-0.2, 0) is 4.79 Å². The predicted octanol–water partition coefficient (Wildman–Crippen LogP) is 2.58. The molecule has 0 saturated heterocycles. The maximum absolute atomic E-state index is 12.0. The highest BCUT2D eigenvalue weighted by Crippen LogP contribution is 2.26. The van der Waals surface area contributed by atoms with Gasteiger partial charge in [-0.1, -0.05) is 20.8 Å². The van der Waals surface area contributed by atoms with Crippen molar-refractivity contribution >= 4 is 17.3 Å². The molecular weight excluding hydrogens is 266 g/mol. The van der Waals surface area contributed by atoms with E-state index in [1.165, 1.54) is 0 Å². The van der Waals surface area contributed by atoms with Crippen molar-refractivity contribution < 1.29 is 9.53 Å². The standard InChI is InChI=1S/C16H27N3O2/c1-5-19(11-12(2)3)9-8-16(20)18-14-7-6-13(17)10-15(14)21-4/h6-7,10,12H,5,8-9,11,17H2,1-4H3,(H,18,20). The van der Waals surface area contributed by atoms with Gasteiger partial charge in [0.25, 0.3) is 0 Å². The number of hydrogen-bond acceptors (Lipinski definition) is 4. The van der Waals surface area contributed by atoms with Gasteiger partial charge in [0.05, 0.1) is 12.8 Å². The first kappa shape index (κ1) is 17.3. The molecule has 0 heterocycles. The van der Waals surface area contributed by atoms with Crippen molar-refractivity contribution in [2.45, 2.75) is 27.2 Å². The van der Waals surface area contributed by atoms with Gasteiger partial charge in [0.2, 0.25) is 5.91 Å². The fourth-order valence-corrected chi connectivity index (χ4v) is 2.18. The normalized spacial score (nSPS) is 11.0. The minimum Gasteiger partial charge on any atom is -0.494 e. The fourth-order valence-electron chi connectivity index (χ4n) is 2.18. The predicted molar refractivity (Wildman–Crippen MR) is 87.6 cm³/mol. The molecule has 0 spiro atoms. The summed E-state index contributed by atoms with van der Waals surface area (Å²) in [4.78, 5) is 14.3. The lowest BCUT2D eigenvalue weighted by Gasteiger charge is -2.22. The van der Waals surface area contributed by atoms with Crippen LogP contribution in [0.4, 0.5) is 11.4 Å². The Kier molecular flexibility index (Phi) is 7.02. The molecule has 3 N–H and O–H groups in total. The zero-order chi connectivity index (χ0) is 15.8. The molecule has 1 rings (SSSR count). The van der Waals surface area contributed by atoms with E-state index < -0.39 is 0 Å². The van der Waals surface area contributed by atoms with Crippen molar-refractivity contribution in [3.63, 3.8) is 0 Å². The van der Waals surface area contributed by atoms with Crippen molar-refractivity contribution in [1.29, 1.82) is 0 Å². The van der Waals surface area contributed by atoms with Gasteiger partial charge in [0.15, 0.2) is 0 Å². The highest BCUT2D eigenvalue weighted by molar-refractivity contribution is 5.92. The third kappa shape index (κ3) is 6.04. The minimum absolute atomic E-state index is 0.0136. The van der Waals surface area contributed by atoms with Gasteiger partial charge in [-0.3, -0.25) is 4.79 Å². The largest absolute Gasteiger partial charge is 0.494 e. The van der Waals surface area contributed by atoms with Crippen LogP contribution < -0.4 is 15.8 Å². The Labute approximate surface area is 127 Å². The average molecular weight is 293 g/mol. The number of methoxy groups -OCH3 is 1. The number of nitrogens with one attached hydrogen (secondary N) is 1. The molecule has 0 fully saturated rings. The highest BCUT2D eigenvalue weighted by atomic mass is 16.5. The van der Waals surface area contributed by atoms with E-state index in [9.17, 15) is 4.79 Å². The molecule has 5 nitrogen and oxygen atoms in total. The summed E-state index contributed by atoms with van der Waals surface area (Å²) in [6, 6.07) is 5.21. The van der Waals surface area contributed by atoms with Crippen LogP contribution in [0.15, 0.2) is 18.2 Å². The molecule has 0 bridgehead atoms. The van der Waals surface area contributed by atoms with Crippen LogP contribution >= 0.6 is 0 Å². The Morgan fingerprint density at radius 3 is 2.71 bits per heavy atom. The Bertz CT molecular complexity index is 461. The Morgan fingerprint density at radius 1 is 1.43 bits per heavy atom. The molecule has 5 heteroatoms. The second-order valence-corrected chi connectivity index (χ2v) is 5.54. The fraction of sp³-hybridized carbons (Fsp3) is 0.562. The maximum atomic E-state index is 12.0. The van der Waals surface area contributed by atoms with E-state index in [1.54, 1.807) is 25.3 Å². The Balaban J connectivity index is 2.54. The van der Waals surface area contributed by atoms with Gasteiger partial charge in [-0.05, 0) is 24.6 Å². The van der Waals surface area contributed by atoms with E-state index in [0.717, 1.165) is 19.6 Å². The summed E-state index contributed by atoms with van der Waals surface area (Å²) in [7, 11) is 1.56. The molecule has 0 saturated carbocycles. The molecule has 0 aliphatic carbocycles. The average Bonchev–Trinajstić information content (AvgIpc) is 2.44. The zero-order valence-electron chi connectivity index (χ0n) is 13.5. The molecular formula is C16H27N3O2. The number of anilines is 2. The SMILES string of the molecule is CCN(CCC(=O)Nc1ccc(N)cc1OC)CC(C)C. The maximum Gasteiger partial charge on any atom is 0.225 e. The van der Waals surface area contributed by atoms with E-state index in [-0.39, 0.29) is 5.91 Å². The topological polar surface area (TPSA) is 67.6 Å². The lowest BCUT2D eigenvalue weighted by molar-refractivity contribution is -0.116. The molecule has 0 aliphatic heterocycles. The molecule has 0 aliphatic rings. The first-order valence-corrected chi connectivity index (χ1v) is 7.42. The van der Waals surface area contributed by atoms with Crippen LogP contribution in [0.25, 0.3) is 0 Å². The van der Waals surface area contributed by atoms with Crippen molar-refractivity contribution in [3.8, 4) is 5.75 Å². The summed E-state index contributed by atoms with van der Waals surface area (Å²) in [6.45, 7) is 9.21. The molecule has 0 aromatic heterocycles. The molecule has 1 aromatic carbocycles. The zero-order valence-corrected chi connectivity index (χ0v) is 13.5. The summed E-state index contributed by atoms with van der Waals surface area (Å²) >= 11 is 0. The number of nitrogens with zero attached hydrogens (tertiary/aromatic N) is 1. The van der Waals surface area contributed by atoms with Crippen LogP contribution in [0.5, 0.6) is 5.75 Å². The smallest absolute Gasteiger partial charge is 0.225 e. The number of benzene rings is 1. The lowest BCUT2D eigenvalue weighted by atomic mass is 10.2. The van der Waals surface area contributed by atoms with Gasteiger partial charge >= 0.3 is 0 Å². The first-order chi connectivity index (χ1) is 9.96. The number of hydrogen-bond donors (Lipinski definition) is 2. The number of carbonyl (C=O) groups is 1. The van der Waals surface area contributed by atoms with Gasteiger partial charge in [0.1, 0.15) is 5.75 Å². The van der Waals surface area contributed by atoms with Gasteiger partial charge in [-0.2, -0.15) is 0 Å². The number of nitrogens with two attached hydrogens (primary N) is 1. The summed E-state index contributed by atoms with van der Waals surface area (Å²) < 4.78 is 5.22. The van der Waals surface area contributed by atoms with E-state index in [1.807, 2.05) is 0 Å².